The van der Waals surface area contributed by atoms with E-state index in [2.05, 4.69) is 10.6 Å². The Balaban J connectivity index is 2.00. The Hall–Kier alpha value is -1.33. The zero-order chi connectivity index (χ0) is 11.5. The minimum absolute atomic E-state index is 0.00185. The number of ether oxygens (including phenoxy) is 1. The van der Waals surface area contributed by atoms with Gasteiger partial charge >= 0.3 is 0 Å². The lowest BCUT2D eigenvalue weighted by Gasteiger charge is -2.17. The second-order valence-corrected chi connectivity index (χ2v) is 3.95. The third kappa shape index (κ3) is 2.10. The van der Waals surface area contributed by atoms with E-state index in [1.54, 1.807) is 13.2 Å². The summed E-state index contributed by atoms with van der Waals surface area (Å²) in [7, 11) is 1.65. The lowest BCUT2D eigenvalue weighted by atomic mass is 10.2. The van der Waals surface area contributed by atoms with Gasteiger partial charge in [-0.15, -0.1) is 0 Å². The SMILES string of the molecule is CO[C@H]1CNCC1NC(=O)c1occc1C. The summed E-state index contributed by atoms with van der Waals surface area (Å²) in [5, 5.41) is 6.07. The van der Waals surface area contributed by atoms with Crippen LogP contribution < -0.4 is 10.6 Å². The summed E-state index contributed by atoms with van der Waals surface area (Å²) in [5.74, 6) is 0.194. The van der Waals surface area contributed by atoms with Crippen LogP contribution in [0.1, 0.15) is 16.1 Å². The van der Waals surface area contributed by atoms with E-state index < -0.39 is 0 Å². The number of nitrogens with one attached hydrogen (secondary N) is 2. The van der Waals surface area contributed by atoms with Gasteiger partial charge in [-0.25, -0.2) is 0 Å². The first kappa shape index (κ1) is 11.2. The number of rotatable bonds is 3. The Morgan fingerprint density at radius 3 is 3.06 bits per heavy atom. The molecule has 5 nitrogen and oxygen atoms in total. The maximum atomic E-state index is 11.9. The first-order valence-corrected chi connectivity index (χ1v) is 5.31. The minimum Gasteiger partial charge on any atom is -0.459 e. The molecular weight excluding hydrogens is 208 g/mol. The fourth-order valence-corrected chi connectivity index (χ4v) is 1.89. The van der Waals surface area contributed by atoms with E-state index >= 15 is 0 Å². The van der Waals surface area contributed by atoms with Crippen LogP contribution in [0.15, 0.2) is 16.7 Å². The van der Waals surface area contributed by atoms with Gasteiger partial charge < -0.3 is 19.8 Å². The molecule has 2 N–H and O–H groups in total. The average molecular weight is 224 g/mol. The number of hydrogen-bond donors (Lipinski definition) is 2. The third-order valence-electron chi connectivity index (χ3n) is 2.85. The number of carbonyl (C=O) groups is 1. The maximum Gasteiger partial charge on any atom is 0.287 e. The van der Waals surface area contributed by atoms with E-state index in [9.17, 15) is 4.79 Å². The zero-order valence-corrected chi connectivity index (χ0v) is 9.45. The van der Waals surface area contributed by atoms with Crippen LogP contribution in [0.4, 0.5) is 0 Å². The number of hydrogen-bond acceptors (Lipinski definition) is 4. The Morgan fingerprint density at radius 1 is 1.62 bits per heavy atom. The van der Waals surface area contributed by atoms with E-state index in [0.717, 1.165) is 18.7 Å². The summed E-state index contributed by atoms with van der Waals surface area (Å²) in [6.45, 7) is 3.34. The van der Waals surface area contributed by atoms with Gasteiger partial charge in [-0.05, 0) is 13.0 Å². The van der Waals surface area contributed by atoms with Gasteiger partial charge in [-0.3, -0.25) is 4.79 Å². The Bertz CT molecular complexity index is 375. The van der Waals surface area contributed by atoms with E-state index in [1.165, 1.54) is 6.26 Å². The van der Waals surface area contributed by atoms with Crippen molar-refractivity contribution < 1.29 is 13.9 Å². The molecule has 0 aromatic carbocycles. The second kappa shape index (κ2) is 4.67. The highest BCUT2D eigenvalue weighted by molar-refractivity contribution is 5.93. The highest BCUT2D eigenvalue weighted by Crippen LogP contribution is 2.10. The average Bonchev–Trinajstić information content (AvgIpc) is 2.86. The van der Waals surface area contributed by atoms with Crippen LogP contribution in [-0.2, 0) is 4.74 Å². The lowest BCUT2D eigenvalue weighted by Crippen LogP contribution is -2.43. The monoisotopic (exact) mass is 224 g/mol. The molecule has 2 rings (SSSR count). The molecule has 2 atom stereocenters. The van der Waals surface area contributed by atoms with Crippen LogP contribution in [0.5, 0.6) is 0 Å². The van der Waals surface area contributed by atoms with Crippen molar-refractivity contribution in [3.63, 3.8) is 0 Å². The van der Waals surface area contributed by atoms with Crippen LogP contribution in [0.3, 0.4) is 0 Å². The molecule has 0 bridgehead atoms. The molecule has 0 saturated carbocycles. The van der Waals surface area contributed by atoms with Gasteiger partial charge in [-0.1, -0.05) is 0 Å². The summed E-state index contributed by atoms with van der Waals surface area (Å²) in [6, 6.07) is 1.78. The third-order valence-corrected chi connectivity index (χ3v) is 2.85. The summed E-state index contributed by atoms with van der Waals surface area (Å²) in [4.78, 5) is 11.9. The van der Waals surface area contributed by atoms with Gasteiger partial charge in [0.05, 0.1) is 18.4 Å². The zero-order valence-electron chi connectivity index (χ0n) is 9.45. The van der Waals surface area contributed by atoms with E-state index in [4.69, 9.17) is 9.15 Å². The molecule has 1 aliphatic heterocycles. The summed E-state index contributed by atoms with van der Waals surface area (Å²) in [5.41, 5.74) is 0.845. The molecule has 1 aromatic heterocycles. The predicted molar refractivity (Wildman–Crippen MR) is 58.4 cm³/mol. The number of furan rings is 1. The van der Waals surface area contributed by atoms with Crippen molar-refractivity contribution in [1.82, 2.24) is 10.6 Å². The molecule has 1 fully saturated rings. The topological polar surface area (TPSA) is 63.5 Å². The van der Waals surface area contributed by atoms with Gasteiger partial charge in [0.1, 0.15) is 0 Å². The molecule has 16 heavy (non-hydrogen) atoms. The van der Waals surface area contributed by atoms with Crippen molar-refractivity contribution in [2.75, 3.05) is 20.2 Å². The molecule has 1 amide bonds. The lowest BCUT2D eigenvalue weighted by molar-refractivity contribution is 0.0759. The van der Waals surface area contributed by atoms with Gasteiger partial charge in [0.25, 0.3) is 5.91 Å². The summed E-state index contributed by atoms with van der Waals surface area (Å²) >= 11 is 0. The Labute approximate surface area is 94.1 Å². The fourth-order valence-electron chi connectivity index (χ4n) is 1.89. The van der Waals surface area contributed by atoms with E-state index in [0.29, 0.717) is 5.76 Å². The predicted octanol–water partition coefficient (Wildman–Crippen LogP) is 0.305. The Kier molecular flexibility index (Phi) is 3.26. The van der Waals surface area contributed by atoms with Crippen molar-refractivity contribution >= 4 is 5.91 Å². The van der Waals surface area contributed by atoms with Crippen molar-refractivity contribution in [2.45, 2.75) is 19.1 Å². The fraction of sp³-hybridized carbons (Fsp3) is 0.545. The quantitative estimate of drug-likeness (QED) is 0.775. The highest BCUT2D eigenvalue weighted by Gasteiger charge is 2.29. The van der Waals surface area contributed by atoms with Crippen molar-refractivity contribution in [2.24, 2.45) is 0 Å². The smallest absolute Gasteiger partial charge is 0.287 e. The van der Waals surface area contributed by atoms with E-state index in [-0.39, 0.29) is 18.1 Å². The molecule has 2 heterocycles. The van der Waals surface area contributed by atoms with Gasteiger partial charge in [0.15, 0.2) is 5.76 Å². The highest BCUT2D eigenvalue weighted by atomic mass is 16.5. The largest absolute Gasteiger partial charge is 0.459 e. The van der Waals surface area contributed by atoms with Crippen molar-refractivity contribution in [3.05, 3.63) is 23.7 Å². The number of amides is 1. The molecule has 1 aromatic rings. The summed E-state index contributed by atoms with van der Waals surface area (Å²) in [6.07, 6.45) is 1.55. The number of carbonyl (C=O) groups excluding carboxylic acids is 1. The Morgan fingerprint density at radius 2 is 2.44 bits per heavy atom. The molecule has 1 unspecified atom stereocenters. The molecular formula is C11H16N2O3. The van der Waals surface area contributed by atoms with Crippen molar-refractivity contribution in [1.29, 1.82) is 0 Å². The molecule has 0 radical (unpaired) electrons. The second-order valence-electron chi connectivity index (χ2n) is 3.95. The maximum absolute atomic E-state index is 11.9. The normalized spacial score (nSPS) is 24.6. The van der Waals surface area contributed by atoms with Gasteiger partial charge in [0.2, 0.25) is 0 Å². The van der Waals surface area contributed by atoms with Gasteiger partial charge in [-0.2, -0.15) is 0 Å². The van der Waals surface area contributed by atoms with Gasteiger partial charge in [0, 0.05) is 25.8 Å². The minimum atomic E-state index is -0.182. The van der Waals surface area contributed by atoms with Crippen LogP contribution >= 0.6 is 0 Å². The molecule has 5 heteroatoms. The molecule has 1 saturated heterocycles. The first-order chi connectivity index (χ1) is 7.72. The first-order valence-electron chi connectivity index (χ1n) is 5.31. The van der Waals surface area contributed by atoms with E-state index in [1.807, 2.05) is 6.92 Å². The van der Waals surface area contributed by atoms with Crippen LogP contribution in [-0.4, -0.2) is 38.3 Å². The molecule has 0 aliphatic carbocycles. The number of aryl methyl sites for hydroxylation is 1. The summed E-state index contributed by atoms with van der Waals surface area (Å²) < 4.78 is 10.4. The van der Waals surface area contributed by atoms with Crippen LogP contribution in [0, 0.1) is 6.92 Å². The van der Waals surface area contributed by atoms with Crippen LogP contribution in [0.25, 0.3) is 0 Å². The van der Waals surface area contributed by atoms with Crippen molar-refractivity contribution in [3.8, 4) is 0 Å². The number of methoxy groups -OCH3 is 1. The molecule has 88 valence electrons. The molecule has 0 spiro atoms. The van der Waals surface area contributed by atoms with Crippen LogP contribution in [0.2, 0.25) is 0 Å². The standard InChI is InChI=1S/C11H16N2O3/c1-7-3-4-16-10(7)11(14)13-8-5-12-6-9(8)15-2/h3-4,8-9,12H,5-6H2,1-2H3,(H,13,14)/t8?,9-/m0/s1. The molecule has 1 aliphatic rings.